The van der Waals surface area contributed by atoms with E-state index in [2.05, 4.69) is 20.0 Å². The van der Waals surface area contributed by atoms with Crippen molar-refractivity contribution in [2.45, 2.75) is 0 Å². The third-order valence-corrected chi connectivity index (χ3v) is 0. The number of hydrogen-bond acceptors (Lipinski definition) is 0. The summed E-state index contributed by atoms with van der Waals surface area (Å²) < 4.78 is 22.5. The monoisotopic (exact) mass is 186 g/mol. The molecule has 0 rings (SSSR count). The van der Waals surface area contributed by atoms with Crippen LogP contribution in [-0.2, 0) is 33.4 Å². The Balaban J connectivity index is -0.00000000900. The van der Waals surface area contributed by atoms with E-state index in [4.69, 9.17) is 14.0 Å². The molecule has 0 bridgehead atoms. The first-order chi connectivity index (χ1) is 3.00. The maximum Gasteiger partial charge on any atom is 5.00 e. The van der Waals surface area contributed by atoms with Crippen molar-refractivity contribution in [2.75, 3.05) is 0 Å². The summed E-state index contributed by atoms with van der Waals surface area (Å²) in [5, 5.41) is 0. The van der Waals surface area contributed by atoms with Crippen molar-refractivity contribution >= 4 is 0 Å². The Kier molecular flexibility index (Phi) is 23100. The van der Waals surface area contributed by atoms with Crippen LogP contribution >= 0.6 is 0 Å². The van der Waals surface area contributed by atoms with Gasteiger partial charge in [-0.2, -0.15) is 0 Å². The molecule has 0 aromatic carbocycles. The maximum atomic E-state index is 7.50. The van der Waals surface area contributed by atoms with E-state index < -0.39 is 0 Å². The van der Waals surface area contributed by atoms with Crippen LogP contribution < -0.4 is 0 Å². The predicted molar refractivity (Wildman–Crippen MR) is 11.8 cm³/mol. The van der Waals surface area contributed by atoms with Gasteiger partial charge in [0.15, 0.2) is 0 Å². The SMILES string of the molecule is [C-]#[O+].[C-]#[O+].[C-]#[O+].[Ru+5]. The van der Waals surface area contributed by atoms with E-state index >= 15 is 0 Å². The third-order valence-electron chi connectivity index (χ3n) is 0. The molecule has 0 aliphatic rings. The molecule has 7 heavy (non-hydrogen) atoms. The molecule has 0 heterocycles. The summed E-state index contributed by atoms with van der Waals surface area (Å²) >= 11 is 0. The van der Waals surface area contributed by atoms with Crippen molar-refractivity contribution in [2.24, 2.45) is 0 Å². The predicted octanol–water partition coefficient (Wildman–Crippen LogP) is -0.115. The Hall–Kier alpha value is -0.157. The second kappa shape index (κ2) is 5590. The molecule has 33 valence electrons. The van der Waals surface area contributed by atoms with Crippen molar-refractivity contribution in [3.05, 3.63) is 20.0 Å². The Morgan fingerprint density at radius 3 is 0.571 bits per heavy atom. The van der Waals surface area contributed by atoms with Crippen LogP contribution in [0, 0.1) is 20.0 Å². The van der Waals surface area contributed by atoms with E-state index in [9.17, 15) is 0 Å². The summed E-state index contributed by atoms with van der Waals surface area (Å²) in [6.45, 7) is 13.5. The van der Waals surface area contributed by atoms with Crippen molar-refractivity contribution < 1.29 is 33.4 Å². The average molecular weight is 185 g/mol. The quantitative estimate of drug-likeness (QED) is 0.287. The zero-order chi connectivity index (χ0) is 6.00. The fourth-order valence-electron chi connectivity index (χ4n) is 0. The van der Waals surface area contributed by atoms with Crippen LogP contribution in [-0.4, -0.2) is 0 Å². The summed E-state index contributed by atoms with van der Waals surface area (Å²) in [7, 11) is 0. The fraction of sp³-hybridized carbons (Fsp3) is 0. The van der Waals surface area contributed by atoms with Crippen LogP contribution in [0.2, 0.25) is 0 Å². The summed E-state index contributed by atoms with van der Waals surface area (Å²) in [6.07, 6.45) is 0. The third kappa shape index (κ3) is 3520. The molecule has 0 saturated carbocycles. The second-order valence-corrected chi connectivity index (χ2v) is 0. The van der Waals surface area contributed by atoms with Crippen LogP contribution in [0.1, 0.15) is 0 Å². The van der Waals surface area contributed by atoms with Gasteiger partial charge in [-0.05, 0) is 0 Å². The molecule has 0 saturated heterocycles. The van der Waals surface area contributed by atoms with Gasteiger partial charge in [0, 0.05) is 0 Å². The molecule has 1 radical (unpaired) electrons. The van der Waals surface area contributed by atoms with Gasteiger partial charge in [0.05, 0.1) is 0 Å². The molecule has 0 atom stereocenters. The topological polar surface area (TPSA) is 59.7 Å². The summed E-state index contributed by atoms with van der Waals surface area (Å²) in [5.41, 5.74) is 0. The van der Waals surface area contributed by atoms with Gasteiger partial charge in [-0.3, -0.25) is 0 Å². The first-order valence-corrected chi connectivity index (χ1v) is 0.612. The van der Waals surface area contributed by atoms with Crippen LogP contribution in [0.5, 0.6) is 0 Å². The normalized spacial score (nSPS) is 0.857. The molecule has 0 aromatic rings. The van der Waals surface area contributed by atoms with Gasteiger partial charge in [-0.25, -0.2) is 0 Å². The van der Waals surface area contributed by atoms with Crippen molar-refractivity contribution in [3.8, 4) is 0 Å². The molecule has 3 nitrogen and oxygen atoms in total. The zero-order valence-corrected chi connectivity index (χ0v) is 4.82. The molecule has 0 N–H and O–H groups in total. The maximum absolute atomic E-state index is 7.50. The Bertz CT molecular complexity index is 38.7. The standard InChI is InChI=1S/3CO.Ru/c3*1-2;/q;;;+5. The van der Waals surface area contributed by atoms with Gasteiger partial charge in [0.2, 0.25) is 0 Å². The Morgan fingerprint density at radius 1 is 0.571 bits per heavy atom. The van der Waals surface area contributed by atoms with Gasteiger partial charge in [0.1, 0.15) is 0 Å². The molecular formula is C3O3Ru+5. The van der Waals surface area contributed by atoms with Gasteiger partial charge >= 0.3 is 53.4 Å². The molecule has 0 aromatic heterocycles. The minimum Gasteiger partial charge on any atom is 5.00 e. The van der Waals surface area contributed by atoms with Crippen LogP contribution in [0.25, 0.3) is 0 Å². The van der Waals surface area contributed by atoms with E-state index in [-0.39, 0.29) is 19.5 Å². The van der Waals surface area contributed by atoms with Crippen molar-refractivity contribution in [1.82, 2.24) is 0 Å². The van der Waals surface area contributed by atoms with Gasteiger partial charge in [-0.1, -0.05) is 0 Å². The van der Waals surface area contributed by atoms with E-state index in [1.54, 1.807) is 0 Å². The molecule has 0 aliphatic carbocycles. The number of hydrogen-bond donors (Lipinski definition) is 0. The first-order valence-electron chi connectivity index (χ1n) is 0.612. The van der Waals surface area contributed by atoms with Crippen LogP contribution in [0.4, 0.5) is 0 Å². The zero-order valence-electron chi connectivity index (χ0n) is 3.08. The minimum absolute atomic E-state index is 0. The Labute approximate surface area is 54.0 Å². The summed E-state index contributed by atoms with van der Waals surface area (Å²) in [5.74, 6) is 0. The molecule has 0 fully saturated rings. The Morgan fingerprint density at radius 2 is 0.571 bits per heavy atom. The van der Waals surface area contributed by atoms with Crippen molar-refractivity contribution in [3.63, 3.8) is 0 Å². The minimum atomic E-state index is 0. The fourth-order valence-corrected chi connectivity index (χ4v) is 0. The average Bonchev–Trinajstić information content (AvgIpc) is 1.81. The van der Waals surface area contributed by atoms with Crippen molar-refractivity contribution in [1.29, 1.82) is 0 Å². The summed E-state index contributed by atoms with van der Waals surface area (Å²) in [4.78, 5) is 0. The van der Waals surface area contributed by atoms with Crippen LogP contribution in [0.3, 0.4) is 0 Å². The van der Waals surface area contributed by atoms with E-state index in [1.165, 1.54) is 0 Å². The van der Waals surface area contributed by atoms with E-state index in [1.807, 2.05) is 0 Å². The molecule has 4 heteroatoms. The van der Waals surface area contributed by atoms with Gasteiger partial charge < -0.3 is 0 Å². The molecular weight excluding hydrogens is 185 g/mol. The number of rotatable bonds is 0. The second-order valence-electron chi connectivity index (χ2n) is 0. The van der Waals surface area contributed by atoms with Gasteiger partial charge in [0.25, 0.3) is 0 Å². The first kappa shape index (κ1) is 28.9. The van der Waals surface area contributed by atoms with E-state index in [0.717, 1.165) is 0 Å². The molecule has 0 unspecified atom stereocenters. The molecule has 0 spiro atoms. The van der Waals surface area contributed by atoms with E-state index in [0.29, 0.717) is 0 Å². The molecule has 0 aliphatic heterocycles. The largest absolute Gasteiger partial charge is 5.00 e. The molecule has 0 amide bonds. The van der Waals surface area contributed by atoms with Gasteiger partial charge in [-0.15, -0.1) is 0 Å². The smallest absolute Gasteiger partial charge is 5.00 e. The summed E-state index contributed by atoms with van der Waals surface area (Å²) in [6, 6.07) is 0. The van der Waals surface area contributed by atoms with Crippen LogP contribution in [0.15, 0.2) is 0 Å².